The highest BCUT2D eigenvalue weighted by atomic mass is 19.4. The molecule has 0 amide bonds. The van der Waals surface area contributed by atoms with Crippen molar-refractivity contribution in [3.8, 4) is 16.9 Å². The van der Waals surface area contributed by atoms with Gasteiger partial charge in [0.25, 0.3) is 0 Å². The molecular weight excluding hydrogens is 480 g/mol. The van der Waals surface area contributed by atoms with E-state index in [1.807, 2.05) is 6.92 Å². The van der Waals surface area contributed by atoms with Gasteiger partial charge in [0, 0.05) is 11.1 Å². The van der Waals surface area contributed by atoms with Crippen LogP contribution in [-0.4, -0.2) is 6.36 Å². The Labute approximate surface area is 195 Å². The molecule has 0 saturated carbocycles. The molecule has 184 valence electrons. The molecule has 0 unspecified atom stereocenters. The first kappa shape index (κ1) is 24.8. The molecule has 0 saturated heterocycles. The first-order valence-electron chi connectivity index (χ1n) is 10.7. The van der Waals surface area contributed by atoms with Crippen molar-refractivity contribution in [3.63, 3.8) is 0 Å². The van der Waals surface area contributed by atoms with Crippen molar-refractivity contribution in [3.05, 3.63) is 87.7 Å². The minimum Gasteiger partial charge on any atom is -0.399 e. The number of alkyl halides is 3. The summed E-state index contributed by atoms with van der Waals surface area (Å²) < 4.78 is 113. The van der Waals surface area contributed by atoms with Crippen LogP contribution in [0.2, 0.25) is 0 Å². The summed E-state index contributed by atoms with van der Waals surface area (Å²) in [5.41, 5.74) is 0.613. The molecule has 0 N–H and O–H groups in total. The van der Waals surface area contributed by atoms with Crippen molar-refractivity contribution in [2.75, 3.05) is 0 Å². The van der Waals surface area contributed by atoms with Crippen LogP contribution in [-0.2, 0) is 12.8 Å². The molecule has 0 aliphatic heterocycles. The third-order valence-electron chi connectivity index (χ3n) is 5.74. The summed E-state index contributed by atoms with van der Waals surface area (Å²) in [6.45, 7) is 1.89. The number of fused-ring (bicyclic) bond motifs is 1. The first-order chi connectivity index (χ1) is 16.5. The van der Waals surface area contributed by atoms with Gasteiger partial charge < -0.3 is 4.74 Å². The molecule has 0 radical (unpaired) electrons. The van der Waals surface area contributed by atoms with E-state index in [4.69, 9.17) is 0 Å². The van der Waals surface area contributed by atoms with Crippen LogP contribution in [0.4, 0.5) is 35.1 Å². The molecule has 35 heavy (non-hydrogen) atoms. The van der Waals surface area contributed by atoms with Crippen molar-refractivity contribution >= 4 is 11.6 Å². The quantitative estimate of drug-likeness (QED) is 0.321. The third-order valence-corrected chi connectivity index (χ3v) is 5.74. The van der Waals surface area contributed by atoms with E-state index < -0.39 is 41.2 Å². The van der Waals surface area contributed by atoms with Crippen LogP contribution in [0.15, 0.2) is 36.4 Å². The number of rotatable bonds is 5. The zero-order valence-corrected chi connectivity index (χ0v) is 18.3. The Morgan fingerprint density at radius 1 is 0.829 bits per heavy atom. The van der Waals surface area contributed by atoms with Crippen LogP contribution in [0, 0.1) is 29.1 Å². The van der Waals surface area contributed by atoms with Gasteiger partial charge in [-0.3, -0.25) is 0 Å². The number of aryl methyl sites for hydroxylation is 1. The topological polar surface area (TPSA) is 9.23 Å². The minimum absolute atomic E-state index is 0.0522. The summed E-state index contributed by atoms with van der Waals surface area (Å²) in [4.78, 5) is 0. The Hall–Kier alpha value is -3.36. The van der Waals surface area contributed by atoms with Gasteiger partial charge in [-0.15, -0.1) is 13.2 Å². The highest BCUT2D eigenvalue weighted by Gasteiger charge is 2.34. The fourth-order valence-electron chi connectivity index (χ4n) is 4.26. The Morgan fingerprint density at radius 3 is 2.03 bits per heavy atom. The Balaban J connectivity index is 1.71. The lowest BCUT2D eigenvalue weighted by Crippen LogP contribution is -2.19. The van der Waals surface area contributed by atoms with Crippen molar-refractivity contribution in [1.29, 1.82) is 0 Å². The molecule has 1 nitrogen and oxygen atoms in total. The minimum atomic E-state index is -5.31. The van der Waals surface area contributed by atoms with Crippen molar-refractivity contribution in [2.45, 2.75) is 39.0 Å². The van der Waals surface area contributed by atoms with Gasteiger partial charge >= 0.3 is 6.36 Å². The van der Waals surface area contributed by atoms with Gasteiger partial charge in [0.1, 0.15) is 17.5 Å². The van der Waals surface area contributed by atoms with Gasteiger partial charge in [-0.05, 0) is 71.4 Å². The fraction of sp³-hybridized carbons (Fsp3) is 0.231. The molecule has 1 aliphatic carbocycles. The molecule has 9 heteroatoms. The molecule has 0 aromatic heterocycles. The maximum absolute atomic E-state index is 15.3. The van der Waals surface area contributed by atoms with Crippen LogP contribution in [0.25, 0.3) is 22.8 Å². The SMILES string of the molecule is CCCc1cc(F)c(C2=Cc3ccc(-c4cc(F)c(OC(F)(F)F)c(F)c4)c(F)c3CC2)c(F)c1. The summed E-state index contributed by atoms with van der Waals surface area (Å²) in [7, 11) is 0. The molecule has 0 fully saturated rings. The van der Waals surface area contributed by atoms with Gasteiger partial charge in [-0.1, -0.05) is 31.6 Å². The number of allylic oxidation sites excluding steroid dienone is 1. The Kier molecular flexibility index (Phi) is 6.62. The standard InChI is InChI=1S/C26H18F8O/c1-2-3-13-8-19(27)23(20(28)9-13)15-5-7-17-14(10-15)4-6-18(24(17)31)16-11-21(29)25(22(30)12-16)35-26(32,33)34/h4,6,8-12H,2-3,5,7H2,1H3. The van der Waals surface area contributed by atoms with E-state index >= 15 is 4.39 Å². The largest absolute Gasteiger partial charge is 0.573 e. The van der Waals surface area contributed by atoms with E-state index in [2.05, 4.69) is 4.74 Å². The molecule has 3 aromatic carbocycles. The second-order valence-electron chi connectivity index (χ2n) is 8.17. The van der Waals surface area contributed by atoms with Gasteiger partial charge in [0.05, 0.1) is 0 Å². The lowest BCUT2D eigenvalue weighted by molar-refractivity contribution is -0.276. The number of ether oxygens (including phenoxy) is 1. The van der Waals surface area contributed by atoms with Crippen LogP contribution >= 0.6 is 0 Å². The van der Waals surface area contributed by atoms with Crippen LogP contribution in [0.1, 0.15) is 42.0 Å². The van der Waals surface area contributed by atoms with E-state index in [9.17, 15) is 30.7 Å². The first-order valence-corrected chi connectivity index (χ1v) is 10.7. The third kappa shape index (κ3) is 5.04. The lowest BCUT2D eigenvalue weighted by atomic mass is 9.85. The Morgan fingerprint density at radius 2 is 1.46 bits per heavy atom. The molecule has 3 aromatic rings. The van der Waals surface area contributed by atoms with Gasteiger partial charge in [-0.2, -0.15) is 0 Å². The highest BCUT2D eigenvalue weighted by molar-refractivity contribution is 5.86. The summed E-state index contributed by atoms with van der Waals surface area (Å²) in [5, 5.41) is 0. The lowest BCUT2D eigenvalue weighted by Gasteiger charge is -2.20. The summed E-state index contributed by atoms with van der Waals surface area (Å²) >= 11 is 0. The van der Waals surface area contributed by atoms with E-state index in [1.54, 1.807) is 0 Å². The van der Waals surface area contributed by atoms with Gasteiger partial charge in [0.15, 0.2) is 11.6 Å². The molecular formula is C26H18F8O. The summed E-state index contributed by atoms with van der Waals surface area (Å²) in [5.74, 6) is -7.19. The van der Waals surface area contributed by atoms with E-state index in [1.165, 1.54) is 30.3 Å². The summed E-state index contributed by atoms with van der Waals surface area (Å²) in [6, 6.07) is 6.25. The molecule has 0 atom stereocenters. The normalized spacial score (nSPS) is 13.5. The Bertz CT molecular complexity index is 1280. The fourth-order valence-corrected chi connectivity index (χ4v) is 4.26. The zero-order chi connectivity index (χ0) is 25.5. The van der Waals surface area contributed by atoms with Crippen LogP contribution < -0.4 is 4.74 Å². The average Bonchev–Trinajstić information content (AvgIpc) is 2.75. The highest BCUT2D eigenvalue weighted by Crippen LogP contribution is 2.39. The van der Waals surface area contributed by atoms with E-state index in [0.29, 0.717) is 35.3 Å². The van der Waals surface area contributed by atoms with E-state index in [-0.39, 0.29) is 35.1 Å². The average molecular weight is 498 g/mol. The predicted octanol–water partition coefficient (Wildman–Crippen LogP) is 8.39. The van der Waals surface area contributed by atoms with Crippen molar-refractivity contribution in [2.24, 2.45) is 0 Å². The number of hydrogen-bond acceptors (Lipinski definition) is 1. The monoisotopic (exact) mass is 498 g/mol. The van der Waals surface area contributed by atoms with Gasteiger partial charge in [-0.25, -0.2) is 22.0 Å². The van der Waals surface area contributed by atoms with Crippen LogP contribution in [0.3, 0.4) is 0 Å². The molecule has 0 bridgehead atoms. The zero-order valence-electron chi connectivity index (χ0n) is 18.3. The van der Waals surface area contributed by atoms with Crippen LogP contribution in [0.5, 0.6) is 5.75 Å². The molecule has 1 aliphatic rings. The number of hydrogen-bond donors (Lipinski definition) is 0. The maximum atomic E-state index is 15.3. The second-order valence-corrected chi connectivity index (χ2v) is 8.17. The van der Waals surface area contributed by atoms with Crippen molar-refractivity contribution < 1.29 is 39.9 Å². The summed E-state index contributed by atoms with van der Waals surface area (Å²) in [6.07, 6.45) is -2.45. The van der Waals surface area contributed by atoms with E-state index in [0.717, 1.165) is 6.42 Å². The molecule has 0 heterocycles. The van der Waals surface area contributed by atoms with Gasteiger partial charge in [0.2, 0.25) is 5.75 Å². The molecule has 0 spiro atoms. The van der Waals surface area contributed by atoms with Crippen molar-refractivity contribution in [1.82, 2.24) is 0 Å². The molecule has 4 rings (SSSR count). The number of benzene rings is 3. The second kappa shape index (κ2) is 9.36. The smallest absolute Gasteiger partial charge is 0.399 e. The predicted molar refractivity (Wildman–Crippen MR) is 115 cm³/mol. The number of halogens is 8. The maximum Gasteiger partial charge on any atom is 0.573 e.